The normalized spacial score (nSPS) is 15.5. The van der Waals surface area contributed by atoms with Crippen LogP contribution in [0.3, 0.4) is 0 Å². The maximum atomic E-state index is 13.8. The van der Waals surface area contributed by atoms with E-state index in [1.807, 2.05) is 6.92 Å². The first kappa shape index (κ1) is 47.3. The first-order valence-corrected chi connectivity index (χ1v) is 20.1. The quantitative estimate of drug-likeness (QED) is 0.0297. The summed E-state index contributed by atoms with van der Waals surface area (Å²) >= 11 is 0. The summed E-state index contributed by atoms with van der Waals surface area (Å²) in [5.41, 5.74) is -2.97. The lowest BCUT2D eigenvalue weighted by atomic mass is 9.70. The van der Waals surface area contributed by atoms with Crippen LogP contribution in [0.25, 0.3) is 0 Å². The van der Waals surface area contributed by atoms with E-state index in [1.165, 1.54) is 85.3 Å². The third-order valence-corrected chi connectivity index (χ3v) is 10.8. The highest BCUT2D eigenvalue weighted by Gasteiger charge is 2.47. The highest BCUT2D eigenvalue weighted by atomic mass is 19.1. The number of esters is 4. The number of furan rings is 2. The molecule has 0 saturated carbocycles. The van der Waals surface area contributed by atoms with Crippen LogP contribution in [0.15, 0.2) is 94.2 Å². The standard InChI is InChI=1S/C46H56F2O12/c1-6-7-24-46(5,31(2)49)38(50)27-45(4,60-41(52)35-21-17-33(29-48)18-22-35)30-44(3,59-40(51)34-19-15-32(28-47)16-20-34)23-9-8-14-39(57-42(53)36-12-10-25-55-36)58-43(54)37-13-11-26-56-37/h10-13,15-22,25-26,31,38-39,49-50H,6-9,14,23-24,27-30H2,1-5H3. The Bertz CT molecular complexity index is 1900. The molecule has 2 N–H and O–H groups in total. The zero-order valence-electron chi connectivity index (χ0n) is 34.8. The summed E-state index contributed by atoms with van der Waals surface area (Å²) < 4.78 is 60.3. The molecule has 4 aromatic rings. The van der Waals surface area contributed by atoms with Gasteiger partial charge in [-0.3, -0.25) is 0 Å². The van der Waals surface area contributed by atoms with Gasteiger partial charge < -0.3 is 38.0 Å². The number of aliphatic hydroxyl groups excluding tert-OH is 2. The van der Waals surface area contributed by atoms with Crippen molar-refractivity contribution in [1.29, 1.82) is 0 Å². The van der Waals surface area contributed by atoms with Gasteiger partial charge in [0.15, 0.2) is 0 Å². The molecule has 4 rings (SSSR count). The number of unbranched alkanes of at least 4 members (excludes halogenated alkanes) is 2. The van der Waals surface area contributed by atoms with E-state index in [0.29, 0.717) is 24.0 Å². The van der Waals surface area contributed by atoms with E-state index < -0.39 is 72.3 Å². The van der Waals surface area contributed by atoms with Gasteiger partial charge in [0.1, 0.15) is 24.6 Å². The van der Waals surface area contributed by atoms with Gasteiger partial charge in [-0.05, 0) is 106 Å². The number of rotatable bonds is 24. The molecule has 0 amide bonds. The lowest BCUT2D eigenvalue weighted by Crippen LogP contribution is -2.50. The van der Waals surface area contributed by atoms with Crippen molar-refractivity contribution in [1.82, 2.24) is 0 Å². The second-order valence-electron chi connectivity index (χ2n) is 16.0. The fourth-order valence-corrected chi connectivity index (χ4v) is 7.09. The third kappa shape index (κ3) is 13.3. The van der Waals surface area contributed by atoms with Crippen LogP contribution in [0.5, 0.6) is 0 Å². The molecule has 0 aliphatic rings. The van der Waals surface area contributed by atoms with E-state index in [-0.39, 0.29) is 61.2 Å². The third-order valence-electron chi connectivity index (χ3n) is 10.8. The average Bonchev–Trinajstić information content (AvgIpc) is 3.97. The van der Waals surface area contributed by atoms with Crippen molar-refractivity contribution in [3.8, 4) is 0 Å². The van der Waals surface area contributed by atoms with Crippen LogP contribution in [0.4, 0.5) is 8.78 Å². The van der Waals surface area contributed by atoms with Gasteiger partial charge >= 0.3 is 23.9 Å². The second-order valence-corrected chi connectivity index (χ2v) is 16.0. The van der Waals surface area contributed by atoms with Crippen LogP contribution < -0.4 is 0 Å². The summed E-state index contributed by atoms with van der Waals surface area (Å²) in [4.78, 5) is 53.2. The summed E-state index contributed by atoms with van der Waals surface area (Å²) in [7, 11) is 0. The van der Waals surface area contributed by atoms with Crippen molar-refractivity contribution in [3.63, 3.8) is 0 Å². The summed E-state index contributed by atoms with van der Waals surface area (Å²) in [5.74, 6) is -3.46. The van der Waals surface area contributed by atoms with Crippen molar-refractivity contribution in [2.24, 2.45) is 5.41 Å². The topological polar surface area (TPSA) is 172 Å². The number of carbonyl (C=O) groups is 4. The van der Waals surface area contributed by atoms with Crippen molar-refractivity contribution in [2.45, 2.75) is 135 Å². The van der Waals surface area contributed by atoms with E-state index >= 15 is 0 Å². The van der Waals surface area contributed by atoms with Gasteiger partial charge in [-0.15, -0.1) is 0 Å². The SMILES string of the molecule is CCCCC(C)(C(C)O)C(O)CC(C)(CC(C)(CCCCC(OC(=O)c1ccco1)OC(=O)c1ccco1)OC(=O)c1ccc(CF)cc1)OC(=O)c1ccc(CF)cc1. The van der Waals surface area contributed by atoms with Gasteiger partial charge in [-0.25, -0.2) is 28.0 Å². The predicted molar refractivity (Wildman–Crippen MR) is 215 cm³/mol. The van der Waals surface area contributed by atoms with E-state index in [1.54, 1.807) is 27.7 Å². The monoisotopic (exact) mass is 838 g/mol. The molecule has 5 unspecified atom stereocenters. The Balaban J connectivity index is 1.64. The lowest BCUT2D eigenvalue weighted by molar-refractivity contribution is -0.121. The molecule has 0 bridgehead atoms. The molecule has 14 heteroatoms. The minimum atomic E-state index is -1.54. The predicted octanol–water partition coefficient (Wildman–Crippen LogP) is 9.66. The number of hydrogen-bond acceptors (Lipinski definition) is 12. The minimum absolute atomic E-state index is 0.0115. The maximum absolute atomic E-state index is 13.8. The first-order valence-electron chi connectivity index (χ1n) is 20.1. The molecule has 0 aliphatic heterocycles. The van der Waals surface area contributed by atoms with Gasteiger partial charge in [-0.2, -0.15) is 0 Å². The van der Waals surface area contributed by atoms with Crippen LogP contribution in [0.1, 0.15) is 145 Å². The molecule has 0 aliphatic carbocycles. The van der Waals surface area contributed by atoms with Gasteiger partial charge in [0.05, 0.1) is 35.9 Å². The maximum Gasteiger partial charge on any atom is 0.377 e. The van der Waals surface area contributed by atoms with Crippen LogP contribution in [-0.2, 0) is 32.3 Å². The Labute approximate surface area is 349 Å². The zero-order chi connectivity index (χ0) is 43.9. The molecule has 0 saturated heterocycles. The fourth-order valence-electron chi connectivity index (χ4n) is 7.09. The number of ether oxygens (including phenoxy) is 4. The molecule has 326 valence electrons. The largest absolute Gasteiger partial charge is 0.457 e. The number of aliphatic hydroxyl groups is 2. The number of halogens is 2. The molecule has 2 aromatic carbocycles. The Morgan fingerprint density at radius 3 is 1.57 bits per heavy atom. The summed E-state index contributed by atoms with van der Waals surface area (Å²) in [5, 5.41) is 22.8. The molecule has 12 nitrogen and oxygen atoms in total. The van der Waals surface area contributed by atoms with E-state index in [2.05, 4.69) is 0 Å². The fraction of sp³-hybridized carbons (Fsp3) is 0.478. The van der Waals surface area contributed by atoms with Crippen molar-refractivity contribution < 1.29 is 66.0 Å². The molecule has 0 radical (unpaired) electrons. The lowest BCUT2D eigenvalue weighted by Gasteiger charge is -2.44. The van der Waals surface area contributed by atoms with Crippen LogP contribution >= 0.6 is 0 Å². The van der Waals surface area contributed by atoms with Gasteiger partial charge in [0.2, 0.25) is 17.8 Å². The second kappa shape index (κ2) is 21.8. The Kier molecular flexibility index (Phi) is 17.2. The Hall–Kier alpha value is -5.34. The van der Waals surface area contributed by atoms with E-state index in [4.69, 9.17) is 27.8 Å². The Morgan fingerprint density at radius 2 is 1.15 bits per heavy atom. The summed E-state index contributed by atoms with van der Waals surface area (Å²) in [6.45, 7) is 7.18. The summed E-state index contributed by atoms with van der Waals surface area (Å²) in [6.07, 6.45) is 1.44. The molecule has 2 aromatic heterocycles. The van der Waals surface area contributed by atoms with Crippen LogP contribution in [0.2, 0.25) is 0 Å². The van der Waals surface area contributed by atoms with Crippen molar-refractivity contribution in [2.75, 3.05) is 0 Å². The van der Waals surface area contributed by atoms with E-state index in [0.717, 1.165) is 6.42 Å². The van der Waals surface area contributed by atoms with Crippen LogP contribution in [-0.4, -0.2) is 63.8 Å². The zero-order valence-corrected chi connectivity index (χ0v) is 34.8. The van der Waals surface area contributed by atoms with Crippen molar-refractivity contribution in [3.05, 3.63) is 119 Å². The van der Waals surface area contributed by atoms with Gasteiger partial charge in [0, 0.05) is 24.7 Å². The van der Waals surface area contributed by atoms with E-state index in [9.17, 15) is 38.2 Å². The number of hydrogen-bond donors (Lipinski definition) is 2. The molecule has 60 heavy (non-hydrogen) atoms. The van der Waals surface area contributed by atoms with Gasteiger partial charge in [0.25, 0.3) is 0 Å². The number of alkyl halides is 2. The molecule has 2 heterocycles. The Morgan fingerprint density at radius 1 is 0.667 bits per heavy atom. The molecular formula is C46H56F2O12. The highest BCUT2D eigenvalue weighted by molar-refractivity contribution is 5.90. The van der Waals surface area contributed by atoms with Gasteiger partial charge in [-0.1, -0.05) is 51.0 Å². The average molecular weight is 839 g/mol. The molecular weight excluding hydrogens is 782 g/mol. The minimum Gasteiger partial charge on any atom is -0.457 e. The van der Waals surface area contributed by atoms with Crippen LogP contribution in [0, 0.1) is 5.41 Å². The summed E-state index contributed by atoms with van der Waals surface area (Å²) in [6, 6.07) is 17.4. The number of benzene rings is 2. The molecule has 5 atom stereocenters. The highest BCUT2D eigenvalue weighted by Crippen LogP contribution is 2.41. The molecule has 0 fully saturated rings. The molecule has 0 spiro atoms. The first-order chi connectivity index (χ1) is 28.5. The smallest absolute Gasteiger partial charge is 0.377 e. The van der Waals surface area contributed by atoms with Crippen molar-refractivity contribution >= 4 is 23.9 Å². The number of carbonyl (C=O) groups excluding carboxylic acids is 4.